The molecule has 5 nitrogen and oxygen atoms in total. The number of halogens is 1. The average Bonchev–Trinajstić information content (AvgIpc) is 3.12. The van der Waals surface area contributed by atoms with Gasteiger partial charge in [-0.3, -0.25) is 9.59 Å². The highest BCUT2D eigenvalue weighted by Gasteiger charge is 2.37. The van der Waals surface area contributed by atoms with E-state index >= 15 is 0 Å². The van der Waals surface area contributed by atoms with Gasteiger partial charge in [-0.25, -0.2) is 0 Å². The van der Waals surface area contributed by atoms with Gasteiger partial charge >= 0.3 is 0 Å². The molecule has 2 fully saturated rings. The Bertz CT molecular complexity index is 339. The van der Waals surface area contributed by atoms with E-state index in [0.717, 1.165) is 44.9 Å². The summed E-state index contributed by atoms with van der Waals surface area (Å²) in [5, 5.41) is 2.88. The molecule has 2 rings (SSSR count). The minimum Gasteiger partial charge on any atom is -0.352 e. The minimum absolute atomic E-state index is 0. The first-order valence-corrected chi connectivity index (χ1v) is 6.85. The van der Waals surface area contributed by atoms with Gasteiger partial charge in [-0.1, -0.05) is 19.3 Å². The lowest BCUT2D eigenvalue weighted by Crippen LogP contribution is -2.56. The van der Waals surface area contributed by atoms with Crippen LogP contribution < -0.4 is 11.1 Å². The van der Waals surface area contributed by atoms with Crippen molar-refractivity contribution in [2.45, 2.75) is 56.5 Å². The molecule has 0 atom stereocenters. The van der Waals surface area contributed by atoms with Crippen molar-refractivity contribution >= 4 is 24.2 Å². The SMILES string of the molecule is CN(CC(=O)NC1CC1)C(=O)C1(N)CCCCC1.Cl. The van der Waals surface area contributed by atoms with E-state index in [1.807, 2.05) is 0 Å². The summed E-state index contributed by atoms with van der Waals surface area (Å²) in [6.07, 6.45) is 6.75. The normalized spacial score (nSPS) is 21.2. The summed E-state index contributed by atoms with van der Waals surface area (Å²) in [6, 6.07) is 0.336. The fraction of sp³-hybridized carbons (Fsp3) is 0.846. The minimum atomic E-state index is -0.743. The standard InChI is InChI=1S/C13H23N3O2.ClH/c1-16(9-11(17)15-10-5-6-10)12(18)13(14)7-3-2-4-8-13;/h10H,2-9,14H2,1H3,(H,15,17);1H. The lowest BCUT2D eigenvalue weighted by atomic mass is 9.81. The Morgan fingerprint density at radius 2 is 1.84 bits per heavy atom. The van der Waals surface area contributed by atoms with Crippen molar-refractivity contribution in [3.05, 3.63) is 0 Å². The second-order valence-electron chi connectivity index (χ2n) is 5.72. The Balaban J connectivity index is 0.00000180. The van der Waals surface area contributed by atoms with Crippen molar-refractivity contribution in [2.24, 2.45) is 5.73 Å². The predicted octanol–water partition coefficient (Wildman–Crippen LogP) is 0.807. The maximum absolute atomic E-state index is 12.3. The quantitative estimate of drug-likeness (QED) is 0.804. The van der Waals surface area contributed by atoms with Gasteiger partial charge in [-0.05, 0) is 25.7 Å². The second-order valence-corrected chi connectivity index (χ2v) is 5.72. The number of nitrogens with one attached hydrogen (secondary N) is 1. The Morgan fingerprint density at radius 3 is 2.37 bits per heavy atom. The molecule has 0 heterocycles. The van der Waals surface area contributed by atoms with E-state index in [1.165, 1.54) is 4.90 Å². The summed E-state index contributed by atoms with van der Waals surface area (Å²) < 4.78 is 0. The zero-order chi connectivity index (χ0) is 13.2. The van der Waals surface area contributed by atoms with Crippen LogP contribution in [0.3, 0.4) is 0 Å². The Kier molecular flexibility index (Phi) is 5.62. The van der Waals surface area contributed by atoms with E-state index in [0.29, 0.717) is 6.04 Å². The molecular formula is C13H24ClN3O2. The molecule has 110 valence electrons. The van der Waals surface area contributed by atoms with E-state index in [1.54, 1.807) is 7.05 Å². The summed E-state index contributed by atoms with van der Waals surface area (Å²) in [5.41, 5.74) is 5.43. The van der Waals surface area contributed by atoms with Crippen LogP contribution in [0.1, 0.15) is 44.9 Å². The number of carbonyl (C=O) groups is 2. The van der Waals surface area contributed by atoms with Gasteiger partial charge in [0.1, 0.15) is 0 Å². The lowest BCUT2D eigenvalue weighted by Gasteiger charge is -2.35. The zero-order valence-corrected chi connectivity index (χ0v) is 12.3. The number of carbonyl (C=O) groups excluding carboxylic acids is 2. The highest BCUT2D eigenvalue weighted by Crippen LogP contribution is 2.27. The van der Waals surface area contributed by atoms with Crippen LogP contribution in [0.15, 0.2) is 0 Å². The third kappa shape index (κ3) is 4.35. The molecule has 0 aliphatic heterocycles. The molecule has 0 aromatic heterocycles. The highest BCUT2D eigenvalue weighted by molar-refractivity contribution is 5.90. The van der Waals surface area contributed by atoms with Crippen LogP contribution in [0.2, 0.25) is 0 Å². The Morgan fingerprint density at radius 1 is 1.26 bits per heavy atom. The number of amides is 2. The van der Waals surface area contributed by atoms with Gasteiger partial charge in [0.15, 0.2) is 0 Å². The van der Waals surface area contributed by atoms with E-state index in [4.69, 9.17) is 5.73 Å². The number of nitrogens with zero attached hydrogens (tertiary/aromatic N) is 1. The molecule has 0 unspecified atom stereocenters. The first kappa shape index (κ1) is 16.2. The van der Waals surface area contributed by atoms with Gasteiger partial charge in [0.25, 0.3) is 0 Å². The molecule has 19 heavy (non-hydrogen) atoms. The van der Waals surface area contributed by atoms with Gasteiger partial charge in [0.05, 0.1) is 12.1 Å². The van der Waals surface area contributed by atoms with Crippen LogP contribution in [-0.2, 0) is 9.59 Å². The first-order chi connectivity index (χ1) is 8.51. The monoisotopic (exact) mass is 289 g/mol. The first-order valence-electron chi connectivity index (χ1n) is 6.85. The molecule has 0 spiro atoms. The van der Waals surface area contributed by atoms with E-state index in [9.17, 15) is 9.59 Å². The van der Waals surface area contributed by atoms with E-state index < -0.39 is 5.54 Å². The van der Waals surface area contributed by atoms with Crippen molar-refractivity contribution < 1.29 is 9.59 Å². The number of likely N-dealkylation sites (N-methyl/N-ethyl adjacent to an activating group) is 1. The second kappa shape index (κ2) is 6.57. The molecule has 6 heteroatoms. The maximum Gasteiger partial charge on any atom is 0.242 e. The van der Waals surface area contributed by atoms with Gasteiger partial charge < -0.3 is 16.0 Å². The van der Waals surface area contributed by atoms with E-state index in [-0.39, 0.29) is 30.8 Å². The molecule has 2 aliphatic carbocycles. The zero-order valence-electron chi connectivity index (χ0n) is 11.5. The number of nitrogens with two attached hydrogens (primary N) is 1. The molecule has 3 N–H and O–H groups in total. The topological polar surface area (TPSA) is 75.4 Å². The van der Waals surface area contributed by atoms with Crippen LogP contribution in [0, 0.1) is 0 Å². The molecule has 0 aromatic rings. The summed E-state index contributed by atoms with van der Waals surface area (Å²) in [4.78, 5) is 25.4. The molecule has 0 bridgehead atoms. The molecule has 0 radical (unpaired) electrons. The van der Waals surface area contributed by atoms with Crippen molar-refractivity contribution in [3.63, 3.8) is 0 Å². The molecule has 2 aliphatic rings. The van der Waals surface area contributed by atoms with Crippen LogP contribution in [0.5, 0.6) is 0 Å². The van der Waals surface area contributed by atoms with Crippen LogP contribution in [-0.4, -0.2) is 41.9 Å². The number of rotatable bonds is 4. The molecule has 2 saturated carbocycles. The van der Waals surface area contributed by atoms with Gasteiger partial charge in [-0.15, -0.1) is 12.4 Å². The predicted molar refractivity (Wildman–Crippen MR) is 76.1 cm³/mol. The van der Waals surface area contributed by atoms with Gasteiger partial charge in [0, 0.05) is 13.1 Å². The Hall–Kier alpha value is -0.810. The van der Waals surface area contributed by atoms with Gasteiger partial charge in [-0.2, -0.15) is 0 Å². The van der Waals surface area contributed by atoms with Crippen molar-refractivity contribution in [3.8, 4) is 0 Å². The summed E-state index contributed by atoms with van der Waals surface area (Å²) in [5.74, 6) is -0.166. The third-order valence-electron chi connectivity index (χ3n) is 3.84. The van der Waals surface area contributed by atoms with Crippen LogP contribution >= 0.6 is 12.4 Å². The maximum atomic E-state index is 12.3. The highest BCUT2D eigenvalue weighted by atomic mass is 35.5. The average molecular weight is 290 g/mol. The Labute approximate surface area is 120 Å². The molecule has 2 amide bonds. The summed E-state index contributed by atoms with van der Waals surface area (Å²) in [7, 11) is 1.66. The third-order valence-corrected chi connectivity index (χ3v) is 3.84. The van der Waals surface area contributed by atoms with Gasteiger partial charge in [0.2, 0.25) is 11.8 Å². The van der Waals surface area contributed by atoms with Crippen LogP contribution in [0.25, 0.3) is 0 Å². The molecular weight excluding hydrogens is 266 g/mol. The fourth-order valence-corrected chi connectivity index (χ4v) is 2.56. The molecule has 0 aromatic carbocycles. The van der Waals surface area contributed by atoms with E-state index in [2.05, 4.69) is 5.32 Å². The molecule has 0 saturated heterocycles. The lowest BCUT2D eigenvalue weighted by molar-refractivity contribution is -0.140. The fourth-order valence-electron chi connectivity index (χ4n) is 2.56. The van der Waals surface area contributed by atoms with Crippen molar-refractivity contribution in [1.29, 1.82) is 0 Å². The van der Waals surface area contributed by atoms with Crippen LogP contribution in [0.4, 0.5) is 0 Å². The largest absolute Gasteiger partial charge is 0.352 e. The number of hydrogen-bond donors (Lipinski definition) is 2. The van der Waals surface area contributed by atoms with Crippen molar-refractivity contribution in [2.75, 3.05) is 13.6 Å². The van der Waals surface area contributed by atoms with Crippen molar-refractivity contribution in [1.82, 2.24) is 10.2 Å². The summed E-state index contributed by atoms with van der Waals surface area (Å²) in [6.45, 7) is 0.119. The summed E-state index contributed by atoms with van der Waals surface area (Å²) >= 11 is 0. The number of hydrogen-bond acceptors (Lipinski definition) is 3. The smallest absolute Gasteiger partial charge is 0.242 e.